The van der Waals surface area contributed by atoms with Crippen LogP contribution in [-0.2, 0) is 0 Å². The van der Waals surface area contributed by atoms with Crippen LogP contribution in [0.4, 0.5) is 0 Å². The molecule has 1 aromatic heterocycles. The number of nitrogens with two attached hydrogens (primary N) is 1. The zero-order valence-electron chi connectivity index (χ0n) is 13.2. The van der Waals surface area contributed by atoms with Gasteiger partial charge in [0.2, 0.25) is 0 Å². The Morgan fingerprint density at radius 1 is 1.26 bits per heavy atom. The lowest BCUT2D eigenvalue weighted by molar-refractivity contribution is 0.0989. The highest BCUT2D eigenvalue weighted by molar-refractivity contribution is 5.12. The van der Waals surface area contributed by atoms with Crippen LogP contribution in [-0.4, -0.2) is 49.1 Å². The first kappa shape index (κ1) is 16.2. The van der Waals surface area contributed by atoms with E-state index in [1.165, 1.54) is 0 Å². The van der Waals surface area contributed by atoms with Gasteiger partial charge in [0.15, 0.2) is 0 Å². The summed E-state index contributed by atoms with van der Waals surface area (Å²) < 4.78 is 5.81. The van der Waals surface area contributed by atoms with E-state index < -0.39 is 0 Å². The Balaban J connectivity index is 2.95. The van der Waals surface area contributed by atoms with Gasteiger partial charge in [0.05, 0.1) is 6.04 Å². The molecule has 0 fully saturated rings. The van der Waals surface area contributed by atoms with Crippen molar-refractivity contribution in [3.8, 4) is 0 Å². The second kappa shape index (κ2) is 7.08. The van der Waals surface area contributed by atoms with Gasteiger partial charge in [-0.15, -0.1) is 0 Å². The average Bonchev–Trinajstić information content (AvgIpc) is 2.70. The summed E-state index contributed by atoms with van der Waals surface area (Å²) in [6.07, 6.45) is 0. The van der Waals surface area contributed by atoms with Gasteiger partial charge in [-0.05, 0) is 53.5 Å². The lowest BCUT2D eigenvalue weighted by Gasteiger charge is -2.37. The summed E-state index contributed by atoms with van der Waals surface area (Å²) in [6.45, 7) is 10.4. The van der Waals surface area contributed by atoms with Crippen molar-refractivity contribution in [1.82, 2.24) is 9.80 Å². The smallest absolute Gasteiger partial charge is 0.122 e. The van der Waals surface area contributed by atoms with E-state index in [-0.39, 0.29) is 12.1 Å². The van der Waals surface area contributed by atoms with Crippen molar-refractivity contribution in [2.45, 2.75) is 45.8 Å². The number of hydrogen-bond donors (Lipinski definition) is 1. The van der Waals surface area contributed by atoms with Gasteiger partial charge in [0, 0.05) is 18.6 Å². The first-order valence-corrected chi connectivity index (χ1v) is 7.09. The van der Waals surface area contributed by atoms with Gasteiger partial charge in [-0.2, -0.15) is 0 Å². The molecule has 0 aliphatic heterocycles. The van der Waals surface area contributed by atoms with Crippen molar-refractivity contribution in [3.05, 3.63) is 23.7 Å². The summed E-state index contributed by atoms with van der Waals surface area (Å²) in [5.41, 5.74) is 6.21. The standard InChI is InChI=1S/C15H29N3O/c1-7-18(11(2)10-17(5)6)15(13(4)16)14-9-8-12(3)19-14/h8-9,11,13,15H,7,10,16H2,1-6H3. The van der Waals surface area contributed by atoms with Crippen molar-refractivity contribution in [3.63, 3.8) is 0 Å². The summed E-state index contributed by atoms with van der Waals surface area (Å²) in [6, 6.07) is 4.66. The fourth-order valence-corrected chi connectivity index (χ4v) is 2.75. The van der Waals surface area contributed by atoms with Gasteiger partial charge in [-0.25, -0.2) is 0 Å². The molecule has 0 bridgehead atoms. The minimum atomic E-state index is 0.0371. The zero-order chi connectivity index (χ0) is 14.6. The normalized spacial score (nSPS) is 16.9. The Kier molecular flexibility index (Phi) is 6.04. The number of hydrogen-bond acceptors (Lipinski definition) is 4. The first-order valence-electron chi connectivity index (χ1n) is 7.09. The third-order valence-corrected chi connectivity index (χ3v) is 3.47. The van der Waals surface area contributed by atoms with Crippen molar-refractivity contribution >= 4 is 0 Å². The monoisotopic (exact) mass is 267 g/mol. The minimum Gasteiger partial charge on any atom is -0.465 e. The molecular formula is C15H29N3O. The van der Waals surface area contributed by atoms with E-state index in [9.17, 15) is 0 Å². The molecule has 110 valence electrons. The van der Waals surface area contributed by atoms with E-state index >= 15 is 0 Å². The Morgan fingerprint density at radius 2 is 1.89 bits per heavy atom. The van der Waals surface area contributed by atoms with E-state index in [4.69, 9.17) is 10.2 Å². The fraction of sp³-hybridized carbons (Fsp3) is 0.733. The van der Waals surface area contributed by atoms with Crippen LogP contribution in [0.5, 0.6) is 0 Å². The lowest BCUT2D eigenvalue weighted by atomic mass is 10.0. The molecule has 2 N–H and O–H groups in total. The predicted molar refractivity (Wildman–Crippen MR) is 80.2 cm³/mol. The van der Waals surface area contributed by atoms with Gasteiger partial charge < -0.3 is 15.1 Å². The maximum atomic E-state index is 6.21. The molecule has 0 aliphatic rings. The Morgan fingerprint density at radius 3 is 2.26 bits per heavy atom. The molecule has 0 spiro atoms. The molecular weight excluding hydrogens is 238 g/mol. The number of rotatable bonds is 7. The molecule has 19 heavy (non-hydrogen) atoms. The molecule has 1 aromatic rings. The van der Waals surface area contributed by atoms with Gasteiger partial charge in [0.1, 0.15) is 11.5 Å². The molecule has 0 saturated heterocycles. The van der Waals surface area contributed by atoms with Crippen molar-refractivity contribution in [2.24, 2.45) is 5.73 Å². The predicted octanol–water partition coefficient (Wildman–Crippen LogP) is 2.25. The van der Waals surface area contributed by atoms with E-state index in [0.29, 0.717) is 6.04 Å². The molecule has 4 heteroatoms. The van der Waals surface area contributed by atoms with Crippen LogP contribution in [0.15, 0.2) is 16.5 Å². The van der Waals surface area contributed by atoms with Crippen LogP contribution in [0.2, 0.25) is 0 Å². The number of aryl methyl sites for hydroxylation is 1. The molecule has 0 radical (unpaired) electrons. The van der Waals surface area contributed by atoms with Crippen LogP contribution in [0.1, 0.15) is 38.3 Å². The number of nitrogens with zero attached hydrogens (tertiary/aromatic N) is 2. The second-order valence-electron chi connectivity index (χ2n) is 5.69. The molecule has 0 amide bonds. The maximum absolute atomic E-state index is 6.21. The SMILES string of the molecule is CCN(C(C)CN(C)C)C(c1ccc(C)o1)C(C)N. The summed E-state index contributed by atoms with van der Waals surface area (Å²) in [5.74, 6) is 1.91. The summed E-state index contributed by atoms with van der Waals surface area (Å²) in [4.78, 5) is 4.63. The van der Waals surface area contributed by atoms with Crippen LogP contribution in [0, 0.1) is 6.92 Å². The highest BCUT2D eigenvalue weighted by atomic mass is 16.3. The third-order valence-electron chi connectivity index (χ3n) is 3.47. The molecule has 1 rings (SSSR count). The van der Waals surface area contributed by atoms with Crippen molar-refractivity contribution < 1.29 is 4.42 Å². The first-order chi connectivity index (χ1) is 8.86. The lowest BCUT2D eigenvalue weighted by Crippen LogP contribution is -2.47. The summed E-state index contributed by atoms with van der Waals surface area (Å²) >= 11 is 0. The number of furan rings is 1. The van der Waals surface area contributed by atoms with Crippen molar-refractivity contribution in [2.75, 3.05) is 27.2 Å². The molecule has 0 saturated carbocycles. The van der Waals surface area contributed by atoms with Crippen LogP contribution in [0.25, 0.3) is 0 Å². The molecule has 3 atom stereocenters. The molecule has 0 aliphatic carbocycles. The Bertz CT molecular complexity index is 373. The van der Waals surface area contributed by atoms with Crippen molar-refractivity contribution in [1.29, 1.82) is 0 Å². The maximum Gasteiger partial charge on any atom is 0.122 e. The zero-order valence-corrected chi connectivity index (χ0v) is 13.2. The minimum absolute atomic E-state index is 0.0371. The quantitative estimate of drug-likeness (QED) is 0.823. The summed E-state index contributed by atoms with van der Waals surface area (Å²) in [7, 11) is 4.20. The van der Waals surface area contributed by atoms with E-state index in [0.717, 1.165) is 24.6 Å². The Labute approximate surface area is 117 Å². The average molecular weight is 267 g/mol. The van der Waals surface area contributed by atoms with E-state index in [1.807, 2.05) is 19.9 Å². The van der Waals surface area contributed by atoms with E-state index in [1.54, 1.807) is 0 Å². The largest absolute Gasteiger partial charge is 0.465 e. The second-order valence-corrected chi connectivity index (χ2v) is 5.69. The Hall–Kier alpha value is -0.840. The third kappa shape index (κ3) is 4.34. The van der Waals surface area contributed by atoms with Crippen LogP contribution >= 0.6 is 0 Å². The van der Waals surface area contributed by atoms with Gasteiger partial charge in [0.25, 0.3) is 0 Å². The van der Waals surface area contributed by atoms with Gasteiger partial charge in [-0.1, -0.05) is 6.92 Å². The molecule has 3 unspecified atom stereocenters. The fourth-order valence-electron chi connectivity index (χ4n) is 2.75. The molecule has 4 nitrogen and oxygen atoms in total. The highest BCUT2D eigenvalue weighted by Gasteiger charge is 2.29. The molecule has 1 heterocycles. The van der Waals surface area contributed by atoms with E-state index in [2.05, 4.69) is 43.8 Å². The summed E-state index contributed by atoms with van der Waals surface area (Å²) in [5, 5.41) is 0. The van der Waals surface area contributed by atoms with Crippen LogP contribution < -0.4 is 5.73 Å². The molecule has 0 aromatic carbocycles. The highest BCUT2D eigenvalue weighted by Crippen LogP contribution is 2.27. The van der Waals surface area contributed by atoms with Crippen LogP contribution in [0.3, 0.4) is 0 Å². The van der Waals surface area contributed by atoms with Gasteiger partial charge in [-0.3, -0.25) is 4.90 Å². The van der Waals surface area contributed by atoms with Gasteiger partial charge >= 0.3 is 0 Å². The number of likely N-dealkylation sites (N-methyl/N-ethyl adjacent to an activating group) is 2. The topological polar surface area (TPSA) is 45.6 Å².